The molecule has 1 aromatic carbocycles. The van der Waals surface area contributed by atoms with Gasteiger partial charge in [0.25, 0.3) is 0 Å². The van der Waals surface area contributed by atoms with Gasteiger partial charge in [-0.3, -0.25) is 11.3 Å². The number of nitrogens with one attached hydrogen (secondary N) is 1. The lowest BCUT2D eigenvalue weighted by Gasteiger charge is -2.22. The molecule has 0 saturated heterocycles. The number of hydrogen-bond donors (Lipinski definition) is 2. The third-order valence-corrected chi connectivity index (χ3v) is 3.80. The predicted octanol–water partition coefficient (Wildman–Crippen LogP) is 2.88. The van der Waals surface area contributed by atoms with Crippen LogP contribution in [0.1, 0.15) is 30.9 Å². The van der Waals surface area contributed by atoms with Crippen LogP contribution in [0.25, 0.3) is 0 Å². The van der Waals surface area contributed by atoms with Crippen molar-refractivity contribution in [3.63, 3.8) is 0 Å². The summed E-state index contributed by atoms with van der Waals surface area (Å²) in [6.45, 7) is 2.14. The highest BCUT2D eigenvalue weighted by atomic mass is 19.4. The quantitative estimate of drug-likeness (QED) is 0.643. The van der Waals surface area contributed by atoms with E-state index in [0.717, 1.165) is 30.5 Å². The van der Waals surface area contributed by atoms with Crippen LogP contribution >= 0.6 is 0 Å². The van der Waals surface area contributed by atoms with E-state index in [4.69, 9.17) is 5.84 Å². The first kappa shape index (κ1) is 13.4. The van der Waals surface area contributed by atoms with E-state index in [9.17, 15) is 13.2 Å². The zero-order valence-electron chi connectivity index (χ0n) is 10.2. The second-order valence-electron chi connectivity index (χ2n) is 5.27. The van der Waals surface area contributed by atoms with Crippen molar-refractivity contribution in [2.45, 2.75) is 38.4 Å². The molecular weight excluding hydrogens is 241 g/mol. The fourth-order valence-corrected chi connectivity index (χ4v) is 2.12. The summed E-state index contributed by atoms with van der Waals surface area (Å²) < 4.78 is 37.2. The minimum Gasteiger partial charge on any atom is -0.271 e. The summed E-state index contributed by atoms with van der Waals surface area (Å²) in [7, 11) is 0. The zero-order valence-corrected chi connectivity index (χ0v) is 10.2. The number of halogens is 3. The first-order valence-corrected chi connectivity index (χ1v) is 5.97. The van der Waals surface area contributed by atoms with E-state index in [1.54, 1.807) is 0 Å². The molecule has 5 heteroatoms. The van der Waals surface area contributed by atoms with Crippen molar-refractivity contribution in [1.29, 1.82) is 0 Å². The lowest BCUT2D eigenvalue weighted by Crippen LogP contribution is -2.42. The standard InChI is InChI=1S/C13H17F3N2/c1-12(6-7-12)11(18-17)8-9-2-4-10(5-3-9)13(14,15)16/h2-5,11,18H,6-8,17H2,1H3. The summed E-state index contributed by atoms with van der Waals surface area (Å²) in [5.41, 5.74) is 3.23. The summed E-state index contributed by atoms with van der Waals surface area (Å²) in [4.78, 5) is 0. The molecule has 1 atom stereocenters. The highest BCUT2D eigenvalue weighted by Gasteiger charge is 2.44. The van der Waals surface area contributed by atoms with Crippen molar-refractivity contribution >= 4 is 0 Å². The molecule has 1 aliphatic carbocycles. The average Bonchev–Trinajstić information content (AvgIpc) is 3.04. The summed E-state index contributed by atoms with van der Waals surface area (Å²) in [5.74, 6) is 5.52. The molecule has 2 rings (SSSR count). The van der Waals surface area contributed by atoms with Crippen LogP contribution in [0.3, 0.4) is 0 Å². The number of hydrogen-bond acceptors (Lipinski definition) is 2. The van der Waals surface area contributed by atoms with Gasteiger partial charge in [-0.05, 0) is 42.4 Å². The summed E-state index contributed by atoms with van der Waals surface area (Å²) in [6.07, 6.45) is -1.39. The SMILES string of the molecule is CC1(C(Cc2ccc(C(F)(F)F)cc2)NN)CC1. The highest BCUT2D eigenvalue weighted by molar-refractivity contribution is 5.25. The van der Waals surface area contributed by atoms with Gasteiger partial charge in [0.2, 0.25) is 0 Å². The maximum absolute atomic E-state index is 12.4. The maximum atomic E-state index is 12.4. The van der Waals surface area contributed by atoms with Crippen LogP contribution in [0.5, 0.6) is 0 Å². The van der Waals surface area contributed by atoms with E-state index >= 15 is 0 Å². The summed E-state index contributed by atoms with van der Waals surface area (Å²) >= 11 is 0. The van der Waals surface area contributed by atoms with Gasteiger partial charge in [0, 0.05) is 6.04 Å². The molecule has 1 aromatic rings. The van der Waals surface area contributed by atoms with Crippen molar-refractivity contribution in [2.24, 2.45) is 11.3 Å². The van der Waals surface area contributed by atoms with Crippen LogP contribution in [0, 0.1) is 5.41 Å². The van der Waals surface area contributed by atoms with Gasteiger partial charge in [0.1, 0.15) is 0 Å². The van der Waals surface area contributed by atoms with Crippen molar-refractivity contribution in [2.75, 3.05) is 0 Å². The van der Waals surface area contributed by atoms with Crippen molar-refractivity contribution < 1.29 is 13.2 Å². The Hall–Kier alpha value is -1.07. The van der Waals surface area contributed by atoms with Gasteiger partial charge < -0.3 is 0 Å². The number of nitrogens with two attached hydrogens (primary N) is 1. The van der Waals surface area contributed by atoms with Gasteiger partial charge in [-0.15, -0.1) is 0 Å². The molecule has 0 aliphatic heterocycles. The zero-order chi connectivity index (χ0) is 13.4. The Kier molecular flexibility index (Phi) is 3.38. The largest absolute Gasteiger partial charge is 0.416 e. The van der Waals surface area contributed by atoms with Crippen molar-refractivity contribution in [1.82, 2.24) is 5.43 Å². The Morgan fingerprint density at radius 2 is 1.83 bits per heavy atom. The van der Waals surface area contributed by atoms with Crippen LogP contribution in [-0.4, -0.2) is 6.04 Å². The third kappa shape index (κ3) is 2.84. The van der Waals surface area contributed by atoms with E-state index in [2.05, 4.69) is 12.3 Å². The lowest BCUT2D eigenvalue weighted by atomic mass is 9.92. The van der Waals surface area contributed by atoms with E-state index in [0.29, 0.717) is 6.42 Å². The van der Waals surface area contributed by atoms with Crippen molar-refractivity contribution in [3.05, 3.63) is 35.4 Å². The van der Waals surface area contributed by atoms with Crippen LogP contribution in [-0.2, 0) is 12.6 Å². The third-order valence-electron chi connectivity index (χ3n) is 3.80. The van der Waals surface area contributed by atoms with Gasteiger partial charge in [-0.2, -0.15) is 13.2 Å². The molecule has 18 heavy (non-hydrogen) atoms. The first-order valence-electron chi connectivity index (χ1n) is 5.97. The summed E-state index contributed by atoms with van der Waals surface area (Å²) in [5, 5.41) is 0. The Balaban J connectivity index is 2.06. The molecule has 0 heterocycles. The molecule has 1 saturated carbocycles. The maximum Gasteiger partial charge on any atom is 0.416 e. The fraction of sp³-hybridized carbons (Fsp3) is 0.538. The topological polar surface area (TPSA) is 38.0 Å². The van der Waals surface area contributed by atoms with Crippen molar-refractivity contribution in [3.8, 4) is 0 Å². The Labute approximate surface area is 104 Å². The molecule has 0 radical (unpaired) electrons. The van der Waals surface area contributed by atoms with Crippen LogP contribution in [0.4, 0.5) is 13.2 Å². The van der Waals surface area contributed by atoms with E-state index < -0.39 is 11.7 Å². The Bertz CT molecular complexity index is 407. The lowest BCUT2D eigenvalue weighted by molar-refractivity contribution is -0.137. The molecule has 2 nitrogen and oxygen atoms in total. The van der Waals surface area contributed by atoms with Gasteiger partial charge in [-0.1, -0.05) is 19.1 Å². The molecule has 3 N–H and O–H groups in total. The predicted molar refractivity (Wildman–Crippen MR) is 63.6 cm³/mol. The molecule has 1 unspecified atom stereocenters. The normalized spacial score (nSPS) is 19.6. The highest BCUT2D eigenvalue weighted by Crippen LogP contribution is 2.48. The van der Waals surface area contributed by atoms with Gasteiger partial charge in [-0.25, -0.2) is 0 Å². The van der Waals surface area contributed by atoms with E-state index in [1.165, 1.54) is 12.1 Å². The number of rotatable bonds is 4. The molecular formula is C13H17F3N2. The summed E-state index contributed by atoms with van der Waals surface area (Å²) in [6, 6.07) is 5.42. The van der Waals surface area contributed by atoms with Gasteiger partial charge in [0.15, 0.2) is 0 Å². The Morgan fingerprint density at radius 3 is 2.22 bits per heavy atom. The molecule has 0 bridgehead atoms. The second-order valence-corrected chi connectivity index (χ2v) is 5.27. The fourth-order valence-electron chi connectivity index (χ4n) is 2.12. The molecule has 1 aliphatic rings. The average molecular weight is 258 g/mol. The number of hydrazine groups is 1. The van der Waals surface area contributed by atoms with Crippen LogP contribution < -0.4 is 11.3 Å². The minimum atomic E-state index is -4.27. The van der Waals surface area contributed by atoms with Crippen LogP contribution in [0.2, 0.25) is 0 Å². The number of alkyl halides is 3. The molecule has 0 aromatic heterocycles. The Morgan fingerprint density at radius 1 is 1.28 bits per heavy atom. The second kappa shape index (κ2) is 4.55. The molecule has 1 fully saturated rings. The van der Waals surface area contributed by atoms with Crippen LogP contribution in [0.15, 0.2) is 24.3 Å². The minimum absolute atomic E-state index is 0.120. The van der Waals surface area contributed by atoms with E-state index in [-0.39, 0.29) is 11.5 Å². The monoisotopic (exact) mass is 258 g/mol. The molecule has 0 spiro atoms. The van der Waals surface area contributed by atoms with Gasteiger partial charge in [0.05, 0.1) is 5.56 Å². The first-order chi connectivity index (χ1) is 8.35. The molecule has 100 valence electrons. The molecule has 0 amide bonds. The number of benzene rings is 1. The van der Waals surface area contributed by atoms with Gasteiger partial charge >= 0.3 is 6.18 Å². The smallest absolute Gasteiger partial charge is 0.271 e. The van der Waals surface area contributed by atoms with E-state index in [1.807, 2.05) is 0 Å².